The minimum Gasteiger partial charge on any atom is -0.291 e. The number of carbonyl (C=O) groups excluding carboxylic acids is 2. The molecule has 0 atom stereocenters. The minimum atomic E-state index is -0.141. The molecule has 2 nitrogen and oxygen atoms in total. The van der Waals surface area contributed by atoms with E-state index in [-0.39, 0.29) is 11.6 Å². The SMILES string of the molecule is O=C1CCCCC/C=C\CCCCCCCC1=O. The van der Waals surface area contributed by atoms with E-state index in [0.717, 1.165) is 38.5 Å². The van der Waals surface area contributed by atoms with Crippen LogP contribution in [0.15, 0.2) is 12.2 Å². The fraction of sp³-hybridized carbons (Fsp3) is 0.750. The van der Waals surface area contributed by atoms with E-state index >= 15 is 0 Å². The summed E-state index contributed by atoms with van der Waals surface area (Å²) in [7, 11) is 0. The van der Waals surface area contributed by atoms with Crippen molar-refractivity contribution in [2.45, 2.75) is 77.0 Å². The third-order valence-electron chi connectivity index (χ3n) is 3.53. The molecule has 0 N–H and O–H groups in total. The van der Waals surface area contributed by atoms with Crippen LogP contribution in [0.3, 0.4) is 0 Å². The third-order valence-corrected chi connectivity index (χ3v) is 3.53. The van der Waals surface area contributed by atoms with Crippen molar-refractivity contribution >= 4 is 11.6 Å². The molecule has 0 saturated heterocycles. The summed E-state index contributed by atoms with van der Waals surface area (Å²) in [4.78, 5) is 23.1. The molecule has 0 aliphatic heterocycles. The highest BCUT2D eigenvalue weighted by Crippen LogP contribution is 2.11. The second-order valence-electron chi connectivity index (χ2n) is 5.22. The summed E-state index contributed by atoms with van der Waals surface area (Å²) < 4.78 is 0. The molecule has 0 heterocycles. The Kier molecular flexibility index (Phi) is 8.45. The van der Waals surface area contributed by atoms with Crippen molar-refractivity contribution in [1.82, 2.24) is 0 Å². The molecule has 0 aromatic heterocycles. The largest absolute Gasteiger partial charge is 0.291 e. The molecule has 0 saturated carbocycles. The highest BCUT2D eigenvalue weighted by Gasteiger charge is 2.12. The Balaban J connectivity index is 2.30. The molecule has 102 valence electrons. The van der Waals surface area contributed by atoms with Crippen LogP contribution < -0.4 is 0 Å². The zero-order valence-electron chi connectivity index (χ0n) is 11.5. The van der Waals surface area contributed by atoms with Crippen molar-refractivity contribution in [2.75, 3.05) is 0 Å². The maximum Gasteiger partial charge on any atom is 0.198 e. The highest BCUT2D eigenvalue weighted by molar-refractivity contribution is 6.37. The van der Waals surface area contributed by atoms with Crippen LogP contribution in [-0.2, 0) is 9.59 Å². The van der Waals surface area contributed by atoms with Gasteiger partial charge in [0, 0.05) is 12.8 Å². The predicted octanol–water partition coefficient (Wildman–Crippen LogP) is 4.38. The molecule has 0 bridgehead atoms. The van der Waals surface area contributed by atoms with E-state index in [0.29, 0.717) is 12.8 Å². The molecular formula is C16H26O2. The summed E-state index contributed by atoms with van der Waals surface area (Å²) in [6, 6.07) is 0. The van der Waals surface area contributed by atoms with Gasteiger partial charge in [0.2, 0.25) is 0 Å². The number of Topliss-reactive ketones (excluding diaryl/α,β-unsaturated/α-hetero) is 2. The first-order valence-electron chi connectivity index (χ1n) is 7.52. The molecule has 0 unspecified atom stereocenters. The van der Waals surface area contributed by atoms with Crippen LogP contribution in [0.5, 0.6) is 0 Å². The first kappa shape index (κ1) is 15.1. The Morgan fingerprint density at radius 2 is 0.944 bits per heavy atom. The van der Waals surface area contributed by atoms with Gasteiger partial charge in [-0.3, -0.25) is 9.59 Å². The lowest BCUT2D eigenvalue weighted by atomic mass is 10.0. The molecule has 1 aliphatic rings. The zero-order chi connectivity index (χ0) is 13.1. The van der Waals surface area contributed by atoms with Gasteiger partial charge in [0.1, 0.15) is 0 Å². The minimum absolute atomic E-state index is 0.137. The van der Waals surface area contributed by atoms with Gasteiger partial charge >= 0.3 is 0 Å². The normalized spacial score (nSPS) is 23.8. The first-order valence-corrected chi connectivity index (χ1v) is 7.52. The molecule has 1 rings (SSSR count). The Morgan fingerprint density at radius 1 is 0.556 bits per heavy atom. The average Bonchev–Trinajstić information content (AvgIpc) is 2.37. The van der Waals surface area contributed by atoms with Gasteiger partial charge in [0.25, 0.3) is 0 Å². The number of allylic oxidation sites excluding steroid dienone is 2. The van der Waals surface area contributed by atoms with Crippen LogP contribution in [-0.4, -0.2) is 11.6 Å². The summed E-state index contributed by atoms with van der Waals surface area (Å²) in [5.74, 6) is -0.278. The van der Waals surface area contributed by atoms with Crippen LogP contribution in [0.1, 0.15) is 77.0 Å². The quantitative estimate of drug-likeness (QED) is 0.472. The van der Waals surface area contributed by atoms with Crippen LogP contribution in [0.4, 0.5) is 0 Å². The molecule has 0 radical (unpaired) electrons. The monoisotopic (exact) mass is 250 g/mol. The average molecular weight is 250 g/mol. The number of carbonyl (C=O) groups is 2. The van der Waals surface area contributed by atoms with Crippen molar-refractivity contribution in [3.05, 3.63) is 12.2 Å². The first-order chi connectivity index (χ1) is 8.80. The van der Waals surface area contributed by atoms with E-state index < -0.39 is 0 Å². The second-order valence-corrected chi connectivity index (χ2v) is 5.22. The lowest BCUT2D eigenvalue weighted by molar-refractivity contribution is -0.136. The van der Waals surface area contributed by atoms with Crippen molar-refractivity contribution in [3.63, 3.8) is 0 Å². The van der Waals surface area contributed by atoms with Crippen molar-refractivity contribution in [3.8, 4) is 0 Å². The fourth-order valence-corrected chi connectivity index (χ4v) is 2.32. The molecule has 0 amide bonds. The van der Waals surface area contributed by atoms with Crippen LogP contribution >= 0.6 is 0 Å². The Morgan fingerprint density at radius 3 is 1.50 bits per heavy atom. The molecule has 18 heavy (non-hydrogen) atoms. The fourth-order valence-electron chi connectivity index (χ4n) is 2.32. The molecule has 0 spiro atoms. The Labute approximate surface area is 111 Å². The predicted molar refractivity (Wildman–Crippen MR) is 74.6 cm³/mol. The highest BCUT2D eigenvalue weighted by atomic mass is 16.2. The Bertz CT molecular complexity index is 279. The second kappa shape index (κ2) is 10.0. The summed E-state index contributed by atoms with van der Waals surface area (Å²) in [6.45, 7) is 0. The summed E-state index contributed by atoms with van der Waals surface area (Å²) in [5.41, 5.74) is 0. The van der Waals surface area contributed by atoms with Gasteiger partial charge in [-0.15, -0.1) is 0 Å². The van der Waals surface area contributed by atoms with Crippen LogP contribution in [0.25, 0.3) is 0 Å². The maximum atomic E-state index is 11.5. The van der Waals surface area contributed by atoms with E-state index in [1.54, 1.807) is 0 Å². The van der Waals surface area contributed by atoms with E-state index in [1.807, 2.05) is 0 Å². The molecule has 2 heteroatoms. The van der Waals surface area contributed by atoms with Crippen molar-refractivity contribution < 1.29 is 9.59 Å². The smallest absolute Gasteiger partial charge is 0.198 e. The van der Waals surface area contributed by atoms with Crippen LogP contribution in [0, 0.1) is 0 Å². The standard InChI is InChI=1S/C16H26O2/c17-15-13-11-9-7-5-3-1-2-4-6-8-10-12-14-16(15)18/h1,3H,2,4-14H2/b3-1-. The molecule has 0 aromatic rings. The van der Waals surface area contributed by atoms with Crippen molar-refractivity contribution in [2.24, 2.45) is 0 Å². The van der Waals surface area contributed by atoms with Gasteiger partial charge in [0.15, 0.2) is 11.6 Å². The topological polar surface area (TPSA) is 34.1 Å². The zero-order valence-corrected chi connectivity index (χ0v) is 11.5. The van der Waals surface area contributed by atoms with Gasteiger partial charge in [-0.1, -0.05) is 37.8 Å². The van der Waals surface area contributed by atoms with Crippen molar-refractivity contribution in [1.29, 1.82) is 0 Å². The Hall–Kier alpha value is -0.920. The number of rotatable bonds is 0. The summed E-state index contributed by atoms with van der Waals surface area (Å²) in [6.07, 6.45) is 16.5. The van der Waals surface area contributed by atoms with Gasteiger partial charge < -0.3 is 0 Å². The van der Waals surface area contributed by atoms with Gasteiger partial charge in [-0.2, -0.15) is 0 Å². The maximum absolute atomic E-state index is 11.5. The molecule has 1 aliphatic carbocycles. The number of hydrogen-bond acceptors (Lipinski definition) is 2. The van der Waals surface area contributed by atoms with E-state index in [1.165, 1.54) is 25.7 Å². The van der Waals surface area contributed by atoms with Gasteiger partial charge in [-0.05, 0) is 38.5 Å². The molecular weight excluding hydrogens is 224 g/mol. The number of hydrogen-bond donors (Lipinski definition) is 0. The van der Waals surface area contributed by atoms with E-state index in [2.05, 4.69) is 12.2 Å². The van der Waals surface area contributed by atoms with Gasteiger partial charge in [-0.25, -0.2) is 0 Å². The van der Waals surface area contributed by atoms with E-state index in [4.69, 9.17) is 0 Å². The van der Waals surface area contributed by atoms with E-state index in [9.17, 15) is 9.59 Å². The lowest BCUT2D eigenvalue weighted by Gasteiger charge is -2.03. The van der Waals surface area contributed by atoms with Gasteiger partial charge in [0.05, 0.1) is 0 Å². The molecule has 0 fully saturated rings. The number of ketones is 2. The summed E-state index contributed by atoms with van der Waals surface area (Å²) >= 11 is 0. The lowest BCUT2D eigenvalue weighted by Crippen LogP contribution is -2.13. The van der Waals surface area contributed by atoms with Crippen LogP contribution in [0.2, 0.25) is 0 Å². The summed E-state index contributed by atoms with van der Waals surface area (Å²) in [5, 5.41) is 0. The molecule has 0 aromatic carbocycles. The third kappa shape index (κ3) is 7.41.